The molecule has 0 aliphatic carbocycles. The van der Waals surface area contributed by atoms with Crippen LogP contribution in [0.3, 0.4) is 0 Å². The normalized spacial score (nSPS) is 17.1. The van der Waals surface area contributed by atoms with Gasteiger partial charge in [0.15, 0.2) is 0 Å². The molecule has 0 saturated carbocycles. The van der Waals surface area contributed by atoms with Gasteiger partial charge < -0.3 is 5.32 Å². The molecule has 1 saturated heterocycles. The first kappa shape index (κ1) is 27.1. The molecule has 5 rings (SSSR count). The van der Waals surface area contributed by atoms with Crippen LogP contribution < -0.4 is 10.2 Å². The number of benzene rings is 2. The molecule has 2 amide bonds. The molecular weight excluding hydrogens is 532 g/mol. The summed E-state index contributed by atoms with van der Waals surface area (Å²) in [5.74, 6) is -0.298. The summed E-state index contributed by atoms with van der Waals surface area (Å²) in [4.78, 5) is 20.8. The van der Waals surface area contributed by atoms with Crippen molar-refractivity contribution in [2.75, 3.05) is 31.1 Å². The molecule has 0 unspecified atom stereocenters. The number of nitrogens with one attached hydrogen (secondary N) is 1. The molecular formula is C29H27ClF4N4O. The number of alkyl halides is 3. The Morgan fingerprint density at radius 1 is 1.10 bits per heavy atom. The lowest BCUT2D eigenvalue weighted by Crippen LogP contribution is -2.48. The van der Waals surface area contributed by atoms with E-state index in [0.717, 1.165) is 17.2 Å². The van der Waals surface area contributed by atoms with E-state index in [4.69, 9.17) is 11.6 Å². The van der Waals surface area contributed by atoms with Gasteiger partial charge in [-0.1, -0.05) is 42.0 Å². The number of carbonyl (C=O) groups excluding carboxylic acids is 1. The molecule has 3 heterocycles. The fourth-order valence-electron chi connectivity index (χ4n) is 5.52. The first-order valence-corrected chi connectivity index (χ1v) is 13.0. The SMILES string of the molecule is O=C(NCc1ccnc(Cl)c1)N1CC2(CCN(C/C=C/c3ccc(F)cc3)CC2)c2c1cccc2C(F)(F)F. The van der Waals surface area contributed by atoms with Crippen LogP contribution in [0.4, 0.5) is 28.0 Å². The van der Waals surface area contributed by atoms with Crippen LogP contribution in [0.5, 0.6) is 0 Å². The van der Waals surface area contributed by atoms with Gasteiger partial charge in [-0.25, -0.2) is 14.2 Å². The van der Waals surface area contributed by atoms with Gasteiger partial charge in [0.1, 0.15) is 11.0 Å². The molecule has 204 valence electrons. The number of urea groups is 1. The zero-order valence-corrected chi connectivity index (χ0v) is 21.8. The smallest absolute Gasteiger partial charge is 0.334 e. The number of halogens is 5. The number of piperidine rings is 1. The first-order chi connectivity index (χ1) is 18.6. The Kier molecular flexibility index (Phi) is 7.64. The highest BCUT2D eigenvalue weighted by atomic mass is 35.5. The minimum atomic E-state index is -4.53. The van der Waals surface area contributed by atoms with E-state index in [9.17, 15) is 22.4 Å². The summed E-state index contributed by atoms with van der Waals surface area (Å²) in [6, 6.07) is 13.1. The molecule has 0 radical (unpaired) electrons. The lowest BCUT2D eigenvalue weighted by Gasteiger charge is -2.40. The van der Waals surface area contributed by atoms with Crippen LogP contribution in [0.25, 0.3) is 6.08 Å². The number of aromatic nitrogens is 1. The van der Waals surface area contributed by atoms with Gasteiger partial charge in [-0.05, 0) is 79.0 Å². The topological polar surface area (TPSA) is 48.5 Å². The van der Waals surface area contributed by atoms with Crippen molar-refractivity contribution in [3.05, 3.63) is 100 Å². The van der Waals surface area contributed by atoms with Crippen LogP contribution in [0.1, 0.15) is 35.1 Å². The Balaban J connectivity index is 1.33. The standard InChI is InChI=1S/C29H27ClF4N4O/c30-25-17-21(10-13-35-25)18-36-27(39)38-19-28(26-23(29(32,33)34)4-1-5-24(26)38)11-15-37(16-12-28)14-2-3-20-6-8-22(31)9-7-20/h1-10,13,17H,11-12,14-16,18-19H2,(H,36,39)/b3-2+. The summed E-state index contributed by atoms with van der Waals surface area (Å²) >= 11 is 5.93. The molecule has 1 N–H and O–H groups in total. The number of anilines is 1. The highest BCUT2D eigenvalue weighted by molar-refractivity contribution is 6.29. The van der Waals surface area contributed by atoms with Crippen LogP contribution in [-0.2, 0) is 18.1 Å². The third-order valence-electron chi connectivity index (χ3n) is 7.47. The minimum absolute atomic E-state index is 0.174. The van der Waals surface area contributed by atoms with Crippen molar-refractivity contribution >= 4 is 29.4 Å². The molecule has 2 aliphatic rings. The van der Waals surface area contributed by atoms with Crippen molar-refractivity contribution in [3.63, 3.8) is 0 Å². The molecule has 2 aliphatic heterocycles. The first-order valence-electron chi connectivity index (χ1n) is 12.7. The van der Waals surface area contributed by atoms with Gasteiger partial charge in [-0.2, -0.15) is 13.2 Å². The quantitative estimate of drug-likeness (QED) is 0.281. The van der Waals surface area contributed by atoms with Gasteiger partial charge in [0.25, 0.3) is 0 Å². The molecule has 1 spiro atoms. The summed E-state index contributed by atoms with van der Waals surface area (Å²) in [5, 5.41) is 3.11. The van der Waals surface area contributed by atoms with Crippen LogP contribution in [0.2, 0.25) is 5.15 Å². The van der Waals surface area contributed by atoms with E-state index in [1.165, 1.54) is 29.3 Å². The second-order valence-corrected chi connectivity index (χ2v) is 10.4. The van der Waals surface area contributed by atoms with E-state index >= 15 is 0 Å². The summed E-state index contributed by atoms with van der Waals surface area (Å²) in [6.45, 7) is 2.15. The predicted octanol–water partition coefficient (Wildman–Crippen LogP) is 6.67. The van der Waals surface area contributed by atoms with E-state index < -0.39 is 23.2 Å². The second kappa shape index (κ2) is 11.0. The summed E-state index contributed by atoms with van der Waals surface area (Å²) in [7, 11) is 0. The number of hydrogen-bond acceptors (Lipinski definition) is 3. The summed E-state index contributed by atoms with van der Waals surface area (Å²) in [5.41, 5.74) is 0.654. The maximum Gasteiger partial charge on any atom is 0.416 e. The third-order valence-corrected chi connectivity index (χ3v) is 7.67. The Hall–Kier alpha value is -3.43. The lowest BCUT2D eigenvalue weighted by atomic mass is 9.72. The van der Waals surface area contributed by atoms with Crippen molar-refractivity contribution < 1.29 is 22.4 Å². The van der Waals surface area contributed by atoms with Gasteiger partial charge in [-0.15, -0.1) is 0 Å². The zero-order valence-electron chi connectivity index (χ0n) is 21.0. The lowest BCUT2D eigenvalue weighted by molar-refractivity contribution is -0.138. The average Bonchev–Trinajstić information content (AvgIpc) is 3.23. The largest absolute Gasteiger partial charge is 0.416 e. The molecule has 1 aromatic heterocycles. The van der Waals surface area contributed by atoms with Crippen LogP contribution in [-0.4, -0.2) is 42.1 Å². The fourth-order valence-corrected chi connectivity index (χ4v) is 5.71. The van der Waals surface area contributed by atoms with Crippen molar-refractivity contribution in [3.8, 4) is 0 Å². The second-order valence-electron chi connectivity index (χ2n) is 9.96. The fraction of sp³-hybridized carbons (Fsp3) is 0.310. The average molecular weight is 559 g/mol. The number of nitrogens with zero attached hydrogens (tertiary/aromatic N) is 3. The minimum Gasteiger partial charge on any atom is -0.334 e. The van der Waals surface area contributed by atoms with Crippen LogP contribution in [0.15, 0.2) is 66.9 Å². The molecule has 2 aromatic carbocycles. The summed E-state index contributed by atoms with van der Waals surface area (Å²) < 4.78 is 55.6. The summed E-state index contributed by atoms with van der Waals surface area (Å²) in [6.07, 6.45) is 1.84. The molecule has 0 bridgehead atoms. The Morgan fingerprint density at radius 2 is 1.85 bits per heavy atom. The molecule has 3 aromatic rings. The van der Waals surface area contributed by atoms with Crippen molar-refractivity contribution in [2.45, 2.75) is 31.0 Å². The third kappa shape index (κ3) is 5.94. The van der Waals surface area contributed by atoms with Gasteiger partial charge in [0, 0.05) is 36.9 Å². The van der Waals surface area contributed by atoms with Crippen molar-refractivity contribution in [2.24, 2.45) is 0 Å². The molecule has 5 nitrogen and oxygen atoms in total. The zero-order chi connectivity index (χ0) is 27.6. The highest BCUT2D eigenvalue weighted by Crippen LogP contribution is 2.51. The molecule has 10 heteroatoms. The van der Waals surface area contributed by atoms with Gasteiger partial charge in [0.05, 0.1) is 5.56 Å². The van der Waals surface area contributed by atoms with Crippen LogP contribution >= 0.6 is 11.6 Å². The maximum absolute atomic E-state index is 14.2. The van der Waals surface area contributed by atoms with E-state index in [2.05, 4.69) is 15.2 Å². The number of carbonyl (C=O) groups is 1. The van der Waals surface area contributed by atoms with Crippen LogP contribution in [0, 0.1) is 5.82 Å². The molecule has 39 heavy (non-hydrogen) atoms. The molecule has 0 atom stereocenters. The van der Waals surface area contributed by atoms with Gasteiger partial charge >= 0.3 is 12.2 Å². The Morgan fingerprint density at radius 3 is 2.54 bits per heavy atom. The number of rotatable bonds is 5. The monoisotopic (exact) mass is 558 g/mol. The number of pyridine rings is 1. The number of fused-ring (bicyclic) bond motifs is 2. The van der Waals surface area contributed by atoms with E-state index in [-0.39, 0.29) is 24.5 Å². The molecule has 1 fully saturated rings. The highest BCUT2D eigenvalue weighted by Gasteiger charge is 2.51. The maximum atomic E-state index is 14.2. The Bertz CT molecular complexity index is 1370. The van der Waals surface area contributed by atoms with Crippen molar-refractivity contribution in [1.29, 1.82) is 0 Å². The number of hydrogen-bond donors (Lipinski definition) is 1. The predicted molar refractivity (Wildman–Crippen MR) is 143 cm³/mol. The van der Waals surface area contributed by atoms with Crippen molar-refractivity contribution in [1.82, 2.24) is 15.2 Å². The van der Waals surface area contributed by atoms with E-state index in [1.54, 1.807) is 30.3 Å². The van der Waals surface area contributed by atoms with E-state index in [1.807, 2.05) is 12.2 Å². The Labute approximate surface area is 229 Å². The van der Waals surface area contributed by atoms with E-state index in [0.29, 0.717) is 43.3 Å². The number of amides is 2. The van der Waals surface area contributed by atoms with Gasteiger partial charge in [-0.3, -0.25) is 9.80 Å². The van der Waals surface area contributed by atoms with Gasteiger partial charge in [0.2, 0.25) is 0 Å². The number of likely N-dealkylation sites (tertiary alicyclic amines) is 1.